The second kappa shape index (κ2) is 5.66. The molecule has 2 N–H and O–H groups in total. The largest absolute Gasteiger partial charge is 0.384 e. The second-order valence-electron chi connectivity index (χ2n) is 4.03. The van der Waals surface area contributed by atoms with E-state index in [1.54, 1.807) is 12.1 Å². The van der Waals surface area contributed by atoms with Crippen LogP contribution in [0.5, 0.6) is 0 Å². The highest BCUT2D eigenvalue weighted by atomic mass is 35.5. The number of nitrogens with zero attached hydrogens (tertiary/aromatic N) is 2. The summed E-state index contributed by atoms with van der Waals surface area (Å²) in [7, 11) is -1.14. The molecule has 1 aromatic rings. The summed E-state index contributed by atoms with van der Waals surface area (Å²) < 4.78 is 22.0. The Kier molecular flexibility index (Phi) is 4.73. The van der Waals surface area contributed by atoms with Crippen LogP contribution in [0.15, 0.2) is 12.1 Å². The predicted molar refractivity (Wildman–Crippen MR) is 69.7 cm³/mol. The lowest BCUT2D eigenvalue weighted by molar-refractivity contribution is 0.342. The van der Waals surface area contributed by atoms with Gasteiger partial charge in [0.05, 0.1) is 16.5 Å². The van der Waals surface area contributed by atoms with Gasteiger partial charge < -0.3 is 5.73 Å². The number of anilines is 1. The number of aromatic nitrogens is 1. The third-order valence-corrected chi connectivity index (χ3v) is 3.47. The van der Waals surface area contributed by atoms with Gasteiger partial charge in [-0.1, -0.05) is 11.6 Å². The number of hydrogen-bond acceptors (Lipinski definition) is 5. The van der Waals surface area contributed by atoms with Crippen LogP contribution in [-0.4, -0.2) is 43.9 Å². The first-order chi connectivity index (χ1) is 7.78. The first-order valence-electron chi connectivity index (χ1n) is 5.05. The molecule has 0 aliphatic carbocycles. The monoisotopic (exact) mass is 277 g/mol. The van der Waals surface area contributed by atoms with Crippen molar-refractivity contribution in [3.05, 3.63) is 22.8 Å². The van der Waals surface area contributed by atoms with Crippen molar-refractivity contribution in [1.82, 2.24) is 9.88 Å². The Morgan fingerprint density at radius 2 is 2.12 bits per heavy atom. The van der Waals surface area contributed by atoms with Crippen molar-refractivity contribution in [1.29, 1.82) is 0 Å². The number of rotatable bonds is 5. The Morgan fingerprint density at radius 3 is 2.71 bits per heavy atom. The molecule has 0 aromatic carbocycles. The van der Waals surface area contributed by atoms with E-state index in [-0.39, 0.29) is 5.75 Å². The third kappa shape index (κ3) is 5.34. The quantitative estimate of drug-likeness (QED) is 0.861. The molecule has 17 heavy (non-hydrogen) atoms. The molecule has 1 rings (SSSR count). The van der Waals surface area contributed by atoms with Crippen molar-refractivity contribution in [2.45, 2.75) is 6.54 Å². The van der Waals surface area contributed by atoms with Crippen molar-refractivity contribution in [2.24, 2.45) is 0 Å². The van der Waals surface area contributed by atoms with Gasteiger partial charge in [0.15, 0.2) is 0 Å². The highest BCUT2D eigenvalue weighted by molar-refractivity contribution is 7.90. The number of nitrogen functional groups attached to an aromatic ring is 1. The average molecular weight is 278 g/mol. The van der Waals surface area contributed by atoms with Gasteiger partial charge in [-0.05, 0) is 19.2 Å². The van der Waals surface area contributed by atoms with Crippen molar-refractivity contribution in [3.63, 3.8) is 0 Å². The summed E-state index contributed by atoms with van der Waals surface area (Å²) in [5.74, 6) is 0.518. The Morgan fingerprint density at radius 1 is 1.47 bits per heavy atom. The van der Waals surface area contributed by atoms with E-state index in [2.05, 4.69) is 4.98 Å². The van der Waals surface area contributed by atoms with Crippen molar-refractivity contribution >= 4 is 27.3 Å². The minimum absolute atomic E-state index is 0.115. The summed E-state index contributed by atoms with van der Waals surface area (Å²) in [5, 5.41) is 0.533. The van der Waals surface area contributed by atoms with E-state index in [9.17, 15) is 8.42 Å². The summed E-state index contributed by atoms with van der Waals surface area (Å²) in [5.41, 5.74) is 6.22. The Bertz CT molecular complexity index is 490. The Balaban J connectivity index is 2.62. The fraction of sp³-hybridized carbons (Fsp3) is 0.500. The average Bonchev–Trinajstić information content (AvgIpc) is 2.20. The highest BCUT2D eigenvalue weighted by Crippen LogP contribution is 2.16. The molecule has 0 aliphatic heterocycles. The van der Waals surface area contributed by atoms with Gasteiger partial charge >= 0.3 is 0 Å². The molecule has 1 heterocycles. The summed E-state index contributed by atoms with van der Waals surface area (Å²) >= 11 is 5.97. The van der Waals surface area contributed by atoms with Crippen LogP contribution >= 0.6 is 11.6 Å². The summed E-state index contributed by atoms with van der Waals surface area (Å²) in [6, 6.07) is 3.31. The van der Waals surface area contributed by atoms with Gasteiger partial charge in [-0.3, -0.25) is 4.90 Å². The standard InChI is InChI=1S/C10H16ClN3O2S/c1-14(5-6-17(2,15)16)7-9-8(11)3-4-10(12)13-9/h3-4H,5-7H2,1-2H3,(H2,12,13). The number of sulfone groups is 1. The van der Waals surface area contributed by atoms with Crippen LogP contribution in [0.25, 0.3) is 0 Å². The second-order valence-corrected chi connectivity index (χ2v) is 6.70. The molecule has 0 unspecified atom stereocenters. The molecule has 0 aliphatic rings. The van der Waals surface area contributed by atoms with Crippen LogP contribution in [0.1, 0.15) is 5.69 Å². The molecule has 1 aromatic heterocycles. The van der Waals surface area contributed by atoms with Crippen LogP contribution in [0.2, 0.25) is 5.02 Å². The van der Waals surface area contributed by atoms with Crippen molar-refractivity contribution in [3.8, 4) is 0 Å². The topological polar surface area (TPSA) is 76.3 Å². The Hall–Kier alpha value is -0.850. The third-order valence-electron chi connectivity index (χ3n) is 2.20. The number of hydrogen-bond donors (Lipinski definition) is 1. The van der Waals surface area contributed by atoms with Crippen molar-refractivity contribution in [2.75, 3.05) is 31.3 Å². The zero-order chi connectivity index (χ0) is 13.1. The summed E-state index contributed by atoms with van der Waals surface area (Å²) in [6.07, 6.45) is 1.21. The van der Waals surface area contributed by atoms with E-state index in [4.69, 9.17) is 17.3 Å². The van der Waals surface area contributed by atoms with Gasteiger partial charge in [0.1, 0.15) is 15.7 Å². The van der Waals surface area contributed by atoms with E-state index >= 15 is 0 Å². The lowest BCUT2D eigenvalue weighted by Crippen LogP contribution is -2.25. The van der Waals surface area contributed by atoms with Gasteiger partial charge in [0.25, 0.3) is 0 Å². The van der Waals surface area contributed by atoms with Crippen LogP contribution in [0.4, 0.5) is 5.82 Å². The molecule has 0 fully saturated rings. The fourth-order valence-electron chi connectivity index (χ4n) is 1.27. The number of pyridine rings is 1. The molecule has 0 saturated carbocycles. The SMILES string of the molecule is CN(CCS(C)(=O)=O)Cc1nc(N)ccc1Cl. The number of halogens is 1. The number of nitrogens with two attached hydrogens (primary N) is 1. The molecule has 96 valence electrons. The zero-order valence-corrected chi connectivity index (χ0v) is 11.4. The van der Waals surface area contributed by atoms with Gasteiger partial charge in [-0.15, -0.1) is 0 Å². The molecule has 7 heteroatoms. The van der Waals surface area contributed by atoms with E-state index < -0.39 is 9.84 Å². The maximum Gasteiger partial charge on any atom is 0.148 e. The maximum absolute atomic E-state index is 11.0. The molecule has 0 spiro atoms. The van der Waals surface area contributed by atoms with Gasteiger partial charge in [-0.25, -0.2) is 13.4 Å². The van der Waals surface area contributed by atoms with Crippen LogP contribution in [0.3, 0.4) is 0 Å². The highest BCUT2D eigenvalue weighted by Gasteiger charge is 2.09. The van der Waals surface area contributed by atoms with E-state index in [1.807, 2.05) is 11.9 Å². The molecule has 0 saturated heterocycles. The lowest BCUT2D eigenvalue weighted by atomic mass is 10.3. The Labute approximate surface area is 107 Å². The normalized spacial score (nSPS) is 12.0. The molecular formula is C10H16ClN3O2S. The van der Waals surface area contributed by atoms with Gasteiger partial charge in [0, 0.05) is 19.3 Å². The smallest absolute Gasteiger partial charge is 0.148 e. The maximum atomic E-state index is 11.0. The zero-order valence-electron chi connectivity index (χ0n) is 9.85. The summed E-state index contributed by atoms with van der Waals surface area (Å²) in [4.78, 5) is 5.95. The minimum Gasteiger partial charge on any atom is -0.384 e. The first-order valence-corrected chi connectivity index (χ1v) is 7.49. The fourth-order valence-corrected chi connectivity index (χ4v) is 2.08. The van der Waals surface area contributed by atoms with E-state index in [0.29, 0.717) is 29.6 Å². The van der Waals surface area contributed by atoms with E-state index in [0.717, 1.165) is 0 Å². The van der Waals surface area contributed by atoms with Gasteiger partial charge in [0.2, 0.25) is 0 Å². The van der Waals surface area contributed by atoms with Gasteiger partial charge in [-0.2, -0.15) is 0 Å². The molecule has 5 nitrogen and oxygen atoms in total. The predicted octanol–water partition coefficient (Wildman–Crippen LogP) is 0.794. The minimum atomic E-state index is -2.95. The van der Waals surface area contributed by atoms with E-state index in [1.165, 1.54) is 6.26 Å². The first kappa shape index (κ1) is 14.2. The molecule has 0 atom stereocenters. The molecule has 0 amide bonds. The van der Waals surface area contributed by atoms with Crippen LogP contribution in [0, 0.1) is 0 Å². The van der Waals surface area contributed by atoms with Crippen LogP contribution in [-0.2, 0) is 16.4 Å². The molecule has 0 radical (unpaired) electrons. The van der Waals surface area contributed by atoms with Crippen molar-refractivity contribution < 1.29 is 8.42 Å². The lowest BCUT2D eigenvalue weighted by Gasteiger charge is -2.16. The van der Waals surface area contributed by atoms with Crippen LogP contribution < -0.4 is 5.73 Å². The molecular weight excluding hydrogens is 262 g/mol. The summed E-state index contributed by atoms with van der Waals surface area (Å²) in [6.45, 7) is 0.908. The molecule has 0 bridgehead atoms.